The third-order valence-corrected chi connectivity index (χ3v) is 3.92. The Labute approximate surface area is 111 Å². The van der Waals surface area contributed by atoms with E-state index >= 15 is 0 Å². The fourth-order valence-electron chi connectivity index (χ4n) is 1.74. The fourth-order valence-corrected chi connectivity index (χ4v) is 3.05. The van der Waals surface area contributed by atoms with Crippen molar-refractivity contribution < 1.29 is 4.79 Å². The zero-order valence-corrected chi connectivity index (χ0v) is 11.8. The van der Waals surface area contributed by atoms with Crippen LogP contribution in [-0.2, 0) is 6.54 Å². The largest absolute Gasteiger partial charge is 0.308 e. The van der Waals surface area contributed by atoms with Crippen molar-refractivity contribution in [1.82, 2.24) is 4.57 Å². The number of thiazole rings is 1. The molecule has 0 unspecified atom stereocenters. The molecule has 0 fully saturated rings. The van der Waals surface area contributed by atoms with Crippen LogP contribution in [0.3, 0.4) is 0 Å². The molecule has 1 heterocycles. The van der Waals surface area contributed by atoms with E-state index in [1.54, 1.807) is 10.6 Å². The molecule has 1 aromatic heterocycles. The molecule has 1 aromatic carbocycles. The van der Waals surface area contributed by atoms with Crippen LogP contribution in [-0.4, -0.2) is 15.7 Å². The molecule has 90 valence electrons. The third kappa shape index (κ3) is 2.35. The van der Waals surface area contributed by atoms with Gasteiger partial charge in [0, 0.05) is 23.9 Å². The number of alkyl halides is 1. The van der Waals surface area contributed by atoms with E-state index in [4.69, 9.17) is 0 Å². The van der Waals surface area contributed by atoms with E-state index in [2.05, 4.69) is 15.9 Å². The summed E-state index contributed by atoms with van der Waals surface area (Å²) in [6.07, 6.45) is 0.489. The highest BCUT2D eigenvalue weighted by atomic mass is 79.9. The van der Waals surface area contributed by atoms with Crippen molar-refractivity contribution >= 4 is 43.3 Å². The van der Waals surface area contributed by atoms with Gasteiger partial charge in [-0.15, -0.1) is 0 Å². The van der Waals surface area contributed by atoms with Crippen LogP contribution in [0.15, 0.2) is 23.0 Å². The van der Waals surface area contributed by atoms with Gasteiger partial charge >= 0.3 is 4.87 Å². The number of aromatic nitrogens is 1. The Balaban J connectivity index is 2.57. The Hall–Kier alpha value is -0.940. The first kappa shape index (κ1) is 12.5. The number of aryl methyl sites for hydroxylation is 1. The van der Waals surface area contributed by atoms with E-state index < -0.39 is 0 Å². The molecular formula is C12H12BrNO2S. The number of hydrogen-bond donors (Lipinski definition) is 0. The summed E-state index contributed by atoms with van der Waals surface area (Å²) in [6.45, 7) is 2.49. The van der Waals surface area contributed by atoms with Crippen molar-refractivity contribution in [2.45, 2.75) is 19.9 Å². The SMILES string of the molecule is CCC(=O)c1ccc2c(c1)sc(=O)n2CCBr. The molecule has 3 nitrogen and oxygen atoms in total. The lowest BCUT2D eigenvalue weighted by Crippen LogP contribution is -2.13. The molecule has 0 radical (unpaired) electrons. The third-order valence-electron chi connectivity index (χ3n) is 2.62. The Morgan fingerprint density at radius 3 is 2.88 bits per heavy atom. The molecule has 0 aliphatic heterocycles. The number of fused-ring (bicyclic) bond motifs is 1. The van der Waals surface area contributed by atoms with Crippen molar-refractivity contribution in [3.8, 4) is 0 Å². The van der Waals surface area contributed by atoms with Gasteiger partial charge in [-0.2, -0.15) is 0 Å². The van der Waals surface area contributed by atoms with Crippen molar-refractivity contribution in [3.63, 3.8) is 0 Å². The lowest BCUT2D eigenvalue weighted by molar-refractivity contribution is 0.0988. The molecule has 0 aliphatic rings. The number of hydrogen-bond acceptors (Lipinski definition) is 3. The van der Waals surface area contributed by atoms with E-state index in [-0.39, 0.29) is 10.7 Å². The molecule has 0 aliphatic carbocycles. The first-order valence-corrected chi connectivity index (χ1v) is 7.33. The molecule has 0 N–H and O–H groups in total. The minimum Gasteiger partial charge on any atom is -0.298 e. The maximum Gasteiger partial charge on any atom is 0.308 e. The normalized spacial score (nSPS) is 10.9. The smallest absolute Gasteiger partial charge is 0.298 e. The summed E-state index contributed by atoms with van der Waals surface area (Å²) in [7, 11) is 0. The Morgan fingerprint density at radius 1 is 1.47 bits per heavy atom. The van der Waals surface area contributed by atoms with E-state index in [9.17, 15) is 9.59 Å². The molecule has 0 amide bonds. The van der Waals surface area contributed by atoms with Gasteiger partial charge in [-0.25, -0.2) is 0 Å². The molecule has 0 saturated carbocycles. The number of benzene rings is 1. The van der Waals surface area contributed by atoms with Gasteiger partial charge in [-0.1, -0.05) is 34.2 Å². The maximum atomic E-state index is 11.8. The minimum absolute atomic E-state index is 0.0283. The molecule has 0 atom stereocenters. The van der Waals surface area contributed by atoms with Crippen LogP contribution in [0.2, 0.25) is 0 Å². The molecular weight excluding hydrogens is 302 g/mol. The average Bonchev–Trinajstić information content (AvgIpc) is 2.64. The van der Waals surface area contributed by atoms with E-state index in [0.29, 0.717) is 18.5 Å². The standard InChI is InChI=1S/C12H12BrNO2S/c1-2-10(15)8-3-4-9-11(7-8)17-12(16)14(9)6-5-13/h3-4,7H,2,5-6H2,1H3. The Bertz CT molecular complexity index is 614. The Morgan fingerprint density at radius 2 is 2.24 bits per heavy atom. The zero-order chi connectivity index (χ0) is 12.4. The number of halogens is 1. The highest BCUT2D eigenvalue weighted by Gasteiger charge is 2.10. The van der Waals surface area contributed by atoms with Crippen molar-refractivity contribution in [3.05, 3.63) is 33.4 Å². The summed E-state index contributed by atoms with van der Waals surface area (Å²) < 4.78 is 2.62. The molecule has 17 heavy (non-hydrogen) atoms. The highest BCUT2D eigenvalue weighted by Crippen LogP contribution is 2.20. The van der Waals surface area contributed by atoms with E-state index in [1.165, 1.54) is 11.3 Å². The Kier molecular flexibility index (Phi) is 3.79. The van der Waals surface area contributed by atoms with Gasteiger partial charge < -0.3 is 0 Å². The average molecular weight is 314 g/mol. The maximum absolute atomic E-state index is 11.8. The monoisotopic (exact) mass is 313 g/mol. The lowest BCUT2D eigenvalue weighted by Gasteiger charge is -2.01. The highest BCUT2D eigenvalue weighted by molar-refractivity contribution is 9.09. The summed E-state index contributed by atoms with van der Waals surface area (Å²) >= 11 is 4.53. The summed E-state index contributed by atoms with van der Waals surface area (Å²) in [4.78, 5) is 23.4. The first-order chi connectivity index (χ1) is 8.17. The van der Waals surface area contributed by atoms with Gasteiger partial charge in [-0.05, 0) is 18.2 Å². The van der Waals surface area contributed by atoms with Crippen LogP contribution in [0.4, 0.5) is 0 Å². The molecule has 0 saturated heterocycles. The summed E-state index contributed by atoms with van der Waals surface area (Å²) in [5, 5.41) is 0.744. The molecule has 0 bridgehead atoms. The van der Waals surface area contributed by atoms with Crippen LogP contribution in [0.1, 0.15) is 23.7 Å². The van der Waals surface area contributed by atoms with Gasteiger partial charge in [0.15, 0.2) is 5.78 Å². The van der Waals surface area contributed by atoms with Gasteiger partial charge in [0.05, 0.1) is 10.2 Å². The van der Waals surface area contributed by atoms with Crippen LogP contribution < -0.4 is 4.87 Å². The second-order valence-corrected chi connectivity index (χ2v) is 5.45. The zero-order valence-electron chi connectivity index (χ0n) is 9.40. The molecule has 5 heteroatoms. The van der Waals surface area contributed by atoms with Crippen molar-refractivity contribution in [1.29, 1.82) is 0 Å². The molecule has 0 spiro atoms. The number of rotatable bonds is 4. The topological polar surface area (TPSA) is 39.1 Å². The van der Waals surface area contributed by atoms with Crippen molar-refractivity contribution in [2.75, 3.05) is 5.33 Å². The minimum atomic E-state index is 0.0283. The molecule has 2 rings (SSSR count). The number of Topliss-reactive ketones (excluding diaryl/α,β-unsaturated/α-hetero) is 1. The lowest BCUT2D eigenvalue weighted by atomic mass is 10.1. The van der Waals surface area contributed by atoms with Crippen molar-refractivity contribution in [2.24, 2.45) is 0 Å². The first-order valence-electron chi connectivity index (χ1n) is 5.40. The molecule has 2 aromatic rings. The predicted molar refractivity (Wildman–Crippen MR) is 74.5 cm³/mol. The van der Waals surface area contributed by atoms with Gasteiger partial charge in [0.25, 0.3) is 0 Å². The number of carbonyl (C=O) groups excluding carboxylic acids is 1. The number of ketones is 1. The number of carbonyl (C=O) groups is 1. The van der Waals surface area contributed by atoms with E-state index in [0.717, 1.165) is 15.5 Å². The van der Waals surface area contributed by atoms with Crippen LogP contribution in [0.25, 0.3) is 10.2 Å². The summed E-state index contributed by atoms with van der Waals surface area (Å²) in [6, 6.07) is 5.47. The van der Waals surface area contributed by atoms with Crippen LogP contribution >= 0.6 is 27.3 Å². The van der Waals surface area contributed by atoms with Gasteiger partial charge in [0.2, 0.25) is 0 Å². The van der Waals surface area contributed by atoms with E-state index in [1.807, 2.05) is 19.1 Å². The van der Waals surface area contributed by atoms with Gasteiger partial charge in [-0.3, -0.25) is 14.2 Å². The summed E-state index contributed by atoms with van der Waals surface area (Å²) in [5.74, 6) is 0.111. The number of nitrogens with zero attached hydrogens (tertiary/aromatic N) is 1. The quantitative estimate of drug-likeness (QED) is 0.643. The second kappa shape index (κ2) is 5.14. The van der Waals surface area contributed by atoms with Crippen LogP contribution in [0, 0.1) is 0 Å². The van der Waals surface area contributed by atoms with Crippen LogP contribution in [0.5, 0.6) is 0 Å². The van der Waals surface area contributed by atoms with Gasteiger partial charge in [0.1, 0.15) is 0 Å². The predicted octanol–water partition coefficient (Wildman–Crippen LogP) is 3.05. The second-order valence-electron chi connectivity index (χ2n) is 3.67. The summed E-state index contributed by atoms with van der Waals surface area (Å²) in [5.41, 5.74) is 1.60. The fraction of sp³-hybridized carbons (Fsp3) is 0.333.